The van der Waals surface area contributed by atoms with E-state index in [9.17, 15) is 13.2 Å². The van der Waals surface area contributed by atoms with Gasteiger partial charge >= 0.3 is 6.09 Å². The molecule has 8 nitrogen and oxygen atoms in total. The first-order chi connectivity index (χ1) is 11.9. The lowest BCUT2D eigenvalue weighted by atomic mass is 10.1. The average Bonchev–Trinajstić information content (AvgIpc) is 3.15. The van der Waals surface area contributed by atoms with E-state index in [4.69, 9.17) is 4.74 Å². The van der Waals surface area contributed by atoms with Crippen LogP contribution < -0.4 is 10.6 Å². The predicted octanol–water partition coefficient (Wildman–Crippen LogP) is 1.60. The summed E-state index contributed by atoms with van der Waals surface area (Å²) < 4.78 is 28.5. The van der Waals surface area contributed by atoms with Crippen LogP contribution in [0.5, 0.6) is 0 Å². The van der Waals surface area contributed by atoms with E-state index >= 15 is 0 Å². The Balaban J connectivity index is 0.00000364. The number of likely N-dealkylation sites (tertiary alicyclic amines) is 1. The molecule has 2 aliphatic rings. The summed E-state index contributed by atoms with van der Waals surface area (Å²) in [5, 5.41) is 6.49. The van der Waals surface area contributed by atoms with E-state index in [1.165, 1.54) is 6.26 Å². The zero-order valence-corrected chi connectivity index (χ0v) is 20.0. The number of aliphatic imine (C=N–C) groups is 1. The van der Waals surface area contributed by atoms with Crippen LogP contribution in [-0.2, 0) is 14.6 Å². The molecule has 10 heteroatoms. The summed E-state index contributed by atoms with van der Waals surface area (Å²) in [6.45, 7) is 9.86. The first kappa shape index (κ1) is 24.3. The molecule has 1 amide bonds. The number of nitrogens with one attached hydrogen (secondary N) is 2. The number of rotatable bonds is 6. The molecule has 0 spiro atoms. The minimum Gasteiger partial charge on any atom is -0.444 e. The van der Waals surface area contributed by atoms with Crippen molar-refractivity contribution in [3.8, 4) is 0 Å². The second-order valence-corrected chi connectivity index (χ2v) is 10.6. The monoisotopic (exact) mass is 516 g/mol. The summed E-state index contributed by atoms with van der Waals surface area (Å²) in [6, 6.07) is 0.116. The number of guanidine groups is 1. The van der Waals surface area contributed by atoms with Gasteiger partial charge in [0.1, 0.15) is 15.4 Å². The first-order valence-corrected chi connectivity index (χ1v) is 11.2. The van der Waals surface area contributed by atoms with Crippen molar-refractivity contribution in [3.05, 3.63) is 0 Å². The minimum atomic E-state index is -3.00. The van der Waals surface area contributed by atoms with Crippen LogP contribution in [0.3, 0.4) is 0 Å². The molecule has 0 unspecified atom stereocenters. The van der Waals surface area contributed by atoms with Crippen LogP contribution in [0.25, 0.3) is 0 Å². The summed E-state index contributed by atoms with van der Waals surface area (Å²) in [7, 11) is -3.00. The predicted molar refractivity (Wildman–Crippen MR) is 118 cm³/mol. The van der Waals surface area contributed by atoms with Crippen LogP contribution in [0, 0.1) is 5.41 Å². The fraction of sp³-hybridized carbons (Fsp3) is 0.882. The molecule has 0 aromatic heterocycles. The van der Waals surface area contributed by atoms with Crippen LogP contribution >= 0.6 is 24.0 Å². The number of nitrogens with zero attached hydrogens (tertiary/aromatic N) is 2. The van der Waals surface area contributed by atoms with Crippen molar-refractivity contribution in [3.63, 3.8) is 0 Å². The van der Waals surface area contributed by atoms with Gasteiger partial charge in [0.15, 0.2) is 5.96 Å². The highest BCUT2D eigenvalue weighted by Gasteiger charge is 2.45. The third kappa shape index (κ3) is 8.41. The van der Waals surface area contributed by atoms with Crippen LogP contribution in [0.1, 0.15) is 40.5 Å². The van der Waals surface area contributed by atoms with Crippen LogP contribution in [0.15, 0.2) is 4.99 Å². The van der Waals surface area contributed by atoms with Crippen molar-refractivity contribution in [2.24, 2.45) is 10.4 Å². The Morgan fingerprint density at radius 2 is 1.89 bits per heavy atom. The van der Waals surface area contributed by atoms with Gasteiger partial charge in [0.05, 0.1) is 11.8 Å². The highest BCUT2D eigenvalue weighted by Crippen LogP contribution is 2.46. The largest absolute Gasteiger partial charge is 0.444 e. The quantitative estimate of drug-likeness (QED) is 0.316. The molecule has 27 heavy (non-hydrogen) atoms. The van der Waals surface area contributed by atoms with Gasteiger partial charge in [-0.05, 0) is 40.5 Å². The molecule has 1 aliphatic carbocycles. The van der Waals surface area contributed by atoms with Gasteiger partial charge in [-0.1, -0.05) is 0 Å². The summed E-state index contributed by atoms with van der Waals surface area (Å²) >= 11 is 0. The van der Waals surface area contributed by atoms with Crippen molar-refractivity contribution in [2.75, 3.05) is 38.2 Å². The van der Waals surface area contributed by atoms with Gasteiger partial charge in [-0.25, -0.2) is 13.2 Å². The number of carbonyl (C=O) groups is 1. The summed E-state index contributed by atoms with van der Waals surface area (Å²) in [4.78, 5) is 18.2. The maximum absolute atomic E-state index is 12.0. The van der Waals surface area contributed by atoms with Crippen molar-refractivity contribution >= 4 is 45.9 Å². The molecule has 1 saturated heterocycles. The van der Waals surface area contributed by atoms with Gasteiger partial charge < -0.3 is 20.3 Å². The second kappa shape index (κ2) is 9.15. The Morgan fingerprint density at radius 3 is 2.33 bits per heavy atom. The van der Waals surface area contributed by atoms with E-state index in [1.807, 2.05) is 27.7 Å². The number of amides is 1. The Morgan fingerprint density at radius 1 is 1.30 bits per heavy atom. The van der Waals surface area contributed by atoms with Gasteiger partial charge in [-0.15, -0.1) is 24.0 Å². The molecule has 0 radical (unpaired) electrons. The molecular formula is C17H33IN4O4S. The van der Waals surface area contributed by atoms with Crippen molar-refractivity contribution < 1.29 is 17.9 Å². The van der Waals surface area contributed by atoms with Crippen molar-refractivity contribution in [1.29, 1.82) is 0 Å². The summed E-state index contributed by atoms with van der Waals surface area (Å²) in [5.41, 5.74) is -0.692. The normalized spacial score (nSPS) is 19.6. The number of hydrogen-bond acceptors (Lipinski definition) is 5. The molecule has 158 valence electrons. The zero-order valence-electron chi connectivity index (χ0n) is 16.9. The zero-order chi connectivity index (χ0) is 19.6. The van der Waals surface area contributed by atoms with Gasteiger partial charge in [0, 0.05) is 37.8 Å². The highest BCUT2D eigenvalue weighted by molar-refractivity contribution is 14.0. The molecule has 0 atom stereocenters. The Labute approximate surface area is 179 Å². The molecule has 2 fully saturated rings. The Bertz CT molecular complexity index is 650. The third-order valence-electron chi connectivity index (χ3n) is 4.32. The molecule has 1 heterocycles. The van der Waals surface area contributed by atoms with Gasteiger partial charge in [0.2, 0.25) is 0 Å². The van der Waals surface area contributed by atoms with Crippen LogP contribution in [-0.4, -0.2) is 75.2 Å². The lowest BCUT2D eigenvalue weighted by Gasteiger charge is -2.40. The maximum atomic E-state index is 12.0. The van der Waals surface area contributed by atoms with E-state index in [-0.39, 0.29) is 47.3 Å². The fourth-order valence-electron chi connectivity index (χ4n) is 2.89. The molecular weight excluding hydrogens is 483 g/mol. The van der Waals surface area contributed by atoms with Gasteiger partial charge in [-0.2, -0.15) is 0 Å². The lowest BCUT2D eigenvalue weighted by Crippen LogP contribution is -2.63. The smallest absolute Gasteiger partial charge is 0.410 e. The van der Waals surface area contributed by atoms with Gasteiger partial charge in [0.25, 0.3) is 0 Å². The number of carbonyl (C=O) groups excluding carboxylic acids is 1. The summed E-state index contributed by atoms with van der Waals surface area (Å²) in [6.07, 6.45) is 2.78. The number of hydrogen-bond donors (Lipinski definition) is 2. The first-order valence-electron chi connectivity index (χ1n) is 9.12. The minimum absolute atomic E-state index is 0. The van der Waals surface area contributed by atoms with Crippen LogP contribution in [0.2, 0.25) is 0 Å². The topological polar surface area (TPSA) is 100 Å². The SMILES string of the molecule is CCNC(=NCC1(CS(C)(=O)=O)CC1)NC1CN(C(=O)OC(C)(C)C)C1.I. The fourth-order valence-corrected chi connectivity index (χ4v) is 4.38. The number of ether oxygens (including phenoxy) is 1. The second-order valence-electron chi connectivity index (χ2n) is 8.49. The lowest BCUT2D eigenvalue weighted by molar-refractivity contribution is 0.00700. The van der Waals surface area contributed by atoms with Crippen molar-refractivity contribution in [2.45, 2.75) is 52.2 Å². The molecule has 1 aliphatic heterocycles. The van der Waals surface area contributed by atoms with E-state index in [2.05, 4.69) is 15.6 Å². The summed E-state index contributed by atoms with van der Waals surface area (Å²) in [5.74, 6) is 0.861. The van der Waals surface area contributed by atoms with Gasteiger partial charge in [-0.3, -0.25) is 4.99 Å². The Kier molecular flexibility index (Phi) is 8.22. The van der Waals surface area contributed by atoms with E-state index in [1.54, 1.807) is 4.90 Å². The standard InChI is InChI=1S/C17H32N4O4S.HI/c1-6-18-14(19-11-17(7-8-17)12-26(5,23)24)20-13-9-21(10-13)15(22)25-16(2,3)4;/h13H,6-12H2,1-5H3,(H2,18,19,20);1H. The number of sulfone groups is 1. The molecule has 0 bridgehead atoms. The third-order valence-corrected chi connectivity index (χ3v) is 5.45. The molecule has 0 aromatic rings. The maximum Gasteiger partial charge on any atom is 0.410 e. The molecule has 2 N–H and O–H groups in total. The van der Waals surface area contributed by atoms with Crippen LogP contribution in [0.4, 0.5) is 4.79 Å². The van der Waals surface area contributed by atoms with Crippen molar-refractivity contribution in [1.82, 2.24) is 15.5 Å². The molecule has 1 saturated carbocycles. The van der Waals surface area contributed by atoms with E-state index in [0.717, 1.165) is 12.8 Å². The average molecular weight is 516 g/mol. The highest BCUT2D eigenvalue weighted by atomic mass is 127. The van der Waals surface area contributed by atoms with E-state index in [0.29, 0.717) is 32.1 Å². The number of halogens is 1. The van der Waals surface area contributed by atoms with E-state index < -0.39 is 15.4 Å². The Hall–Kier alpha value is -0.780. The molecule has 2 rings (SSSR count). The molecule has 0 aromatic carbocycles.